The summed E-state index contributed by atoms with van der Waals surface area (Å²) in [5.74, 6) is 0. The SMILES string of the molecule is CCCNCC(C)S(=O)(=O)NCCCn1ccnc1. The Kier molecular flexibility index (Phi) is 7.04. The van der Waals surface area contributed by atoms with Gasteiger partial charge in [0.2, 0.25) is 10.0 Å². The molecule has 0 aliphatic rings. The van der Waals surface area contributed by atoms with Crippen molar-refractivity contribution in [2.45, 2.75) is 38.5 Å². The molecule has 0 amide bonds. The monoisotopic (exact) mass is 288 g/mol. The topological polar surface area (TPSA) is 76.0 Å². The Labute approximate surface area is 115 Å². The lowest BCUT2D eigenvalue weighted by molar-refractivity contribution is 0.549. The highest BCUT2D eigenvalue weighted by Gasteiger charge is 2.19. The fraction of sp³-hybridized carbons (Fsp3) is 0.750. The van der Waals surface area contributed by atoms with Gasteiger partial charge in [-0.25, -0.2) is 18.1 Å². The maximum absolute atomic E-state index is 11.9. The highest BCUT2D eigenvalue weighted by Crippen LogP contribution is 1.98. The van der Waals surface area contributed by atoms with Crippen LogP contribution in [0.15, 0.2) is 18.7 Å². The summed E-state index contributed by atoms with van der Waals surface area (Å²) >= 11 is 0. The van der Waals surface area contributed by atoms with Crippen molar-refractivity contribution in [2.75, 3.05) is 19.6 Å². The first-order chi connectivity index (χ1) is 9.06. The number of aryl methyl sites for hydroxylation is 1. The zero-order chi connectivity index (χ0) is 14.1. The molecule has 1 aromatic rings. The number of rotatable bonds is 10. The van der Waals surface area contributed by atoms with Crippen LogP contribution in [0.4, 0.5) is 0 Å². The molecule has 0 aliphatic heterocycles. The molecule has 19 heavy (non-hydrogen) atoms. The molecule has 0 fully saturated rings. The molecule has 1 rings (SSSR count). The summed E-state index contributed by atoms with van der Waals surface area (Å²) in [6.07, 6.45) is 7.07. The highest BCUT2D eigenvalue weighted by molar-refractivity contribution is 7.90. The van der Waals surface area contributed by atoms with Gasteiger partial charge in [-0.15, -0.1) is 0 Å². The van der Waals surface area contributed by atoms with Crippen molar-refractivity contribution < 1.29 is 8.42 Å². The highest BCUT2D eigenvalue weighted by atomic mass is 32.2. The largest absolute Gasteiger partial charge is 0.337 e. The third-order valence-corrected chi connectivity index (χ3v) is 4.68. The number of hydrogen-bond acceptors (Lipinski definition) is 4. The lowest BCUT2D eigenvalue weighted by atomic mass is 10.4. The van der Waals surface area contributed by atoms with Gasteiger partial charge in [0, 0.05) is 32.0 Å². The lowest BCUT2D eigenvalue weighted by Crippen LogP contribution is -2.39. The standard InChI is InChI=1S/C12H24N4O2S/c1-3-5-13-10-12(2)19(17,18)15-6-4-8-16-9-7-14-11-16/h7,9,11-13,15H,3-6,8,10H2,1-2H3. The second-order valence-electron chi connectivity index (χ2n) is 4.61. The molecule has 0 saturated carbocycles. The molecule has 1 atom stereocenters. The predicted molar refractivity (Wildman–Crippen MR) is 76.4 cm³/mol. The summed E-state index contributed by atoms with van der Waals surface area (Å²) in [4.78, 5) is 3.94. The number of nitrogens with zero attached hydrogens (tertiary/aromatic N) is 2. The van der Waals surface area contributed by atoms with E-state index in [0.29, 0.717) is 13.1 Å². The molecule has 6 nitrogen and oxygen atoms in total. The number of aromatic nitrogens is 2. The summed E-state index contributed by atoms with van der Waals surface area (Å²) in [5.41, 5.74) is 0. The van der Waals surface area contributed by atoms with E-state index in [2.05, 4.69) is 21.9 Å². The van der Waals surface area contributed by atoms with Crippen LogP contribution in [-0.2, 0) is 16.6 Å². The normalized spacial score (nSPS) is 13.6. The van der Waals surface area contributed by atoms with Crippen LogP contribution in [0, 0.1) is 0 Å². The summed E-state index contributed by atoms with van der Waals surface area (Å²) in [7, 11) is -3.22. The molecule has 0 bridgehead atoms. The van der Waals surface area contributed by atoms with Crippen LogP contribution in [0.1, 0.15) is 26.7 Å². The molecule has 0 saturated heterocycles. The summed E-state index contributed by atoms with van der Waals surface area (Å²) in [6, 6.07) is 0. The van der Waals surface area contributed by atoms with Crippen molar-refractivity contribution in [1.29, 1.82) is 0 Å². The summed E-state index contributed by atoms with van der Waals surface area (Å²) in [5, 5.41) is 2.71. The third-order valence-electron chi connectivity index (χ3n) is 2.84. The zero-order valence-corrected chi connectivity index (χ0v) is 12.5. The van der Waals surface area contributed by atoms with Gasteiger partial charge in [-0.1, -0.05) is 6.92 Å². The van der Waals surface area contributed by atoms with Gasteiger partial charge in [0.1, 0.15) is 0 Å². The smallest absolute Gasteiger partial charge is 0.215 e. The first-order valence-corrected chi connectivity index (χ1v) is 8.26. The maximum Gasteiger partial charge on any atom is 0.215 e. The molecule has 1 heterocycles. The molecular weight excluding hydrogens is 264 g/mol. The molecule has 110 valence electrons. The molecule has 2 N–H and O–H groups in total. The number of sulfonamides is 1. The van der Waals surface area contributed by atoms with E-state index >= 15 is 0 Å². The maximum atomic E-state index is 11.9. The molecule has 0 aromatic carbocycles. The minimum absolute atomic E-state index is 0.410. The van der Waals surface area contributed by atoms with E-state index in [1.165, 1.54) is 0 Å². The van der Waals surface area contributed by atoms with E-state index in [0.717, 1.165) is 25.9 Å². The van der Waals surface area contributed by atoms with Gasteiger partial charge in [0.05, 0.1) is 11.6 Å². The Hall–Kier alpha value is -0.920. The van der Waals surface area contributed by atoms with Crippen LogP contribution >= 0.6 is 0 Å². The van der Waals surface area contributed by atoms with Gasteiger partial charge in [0.25, 0.3) is 0 Å². The van der Waals surface area contributed by atoms with E-state index in [1.807, 2.05) is 10.8 Å². The number of imidazole rings is 1. The first kappa shape index (κ1) is 16.1. The van der Waals surface area contributed by atoms with Crippen LogP contribution in [0.25, 0.3) is 0 Å². The zero-order valence-electron chi connectivity index (χ0n) is 11.7. The Morgan fingerprint density at radius 1 is 1.37 bits per heavy atom. The van der Waals surface area contributed by atoms with Crippen molar-refractivity contribution in [3.63, 3.8) is 0 Å². The fourth-order valence-corrected chi connectivity index (χ4v) is 2.68. The average Bonchev–Trinajstić information content (AvgIpc) is 2.88. The number of nitrogens with one attached hydrogen (secondary N) is 2. The summed E-state index contributed by atoms with van der Waals surface area (Å²) in [6.45, 7) is 6.34. The van der Waals surface area contributed by atoms with Crippen LogP contribution in [-0.4, -0.2) is 42.9 Å². The van der Waals surface area contributed by atoms with Crippen molar-refractivity contribution in [2.24, 2.45) is 0 Å². The van der Waals surface area contributed by atoms with Crippen LogP contribution in [0.5, 0.6) is 0 Å². The fourth-order valence-electron chi connectivity index (χ4n) is 1.63. The van der Waals surface area contributed by atoms with E-state index in [1.54, 1.807) is 19.4 Å². The molecule has 1 unspecified atom stereocenters. The van der Waals surface area contributed by atoms with E-state index in [4.69, 9.17) is 0 Å². The predicted octanol–water partition coefficient (Wildman–Crippen LogP) is 0.581. The average molecular weight is 288 g/mol. The summed E-state index contributed by atoms with van der Waals surface area (Å²) < 4.78 is 28.4. The Morgan fingerprint density at radius 2 is 2.16 bits per heavy atom. The van der Waals surface area contributed by atoms with Gasteiger partial charge < -0.3 is 9.88 Å². The Morgan fingerprint density at radius 3 is 2.79 bits per heavy atom. The van der Waals surface area contributed by atoms with Crippen molar-refractivity contribution in [3.05, 3.63) is 18.7 Å². The number of hydrogen-bond donors (Lipinski definition) is 2. The molecule has 0 aliphatic carbocycles. The van der Waals surface area contributed by atoms with Crippen molar-refractivity contribution in [3.8, 4) is 0 Å². The van der Waals surface area contributed by atoms with Gasteiger partial charge in [-0.3, -0.25) is 0 Å². The molecular formula is C12H24N4O2S. The van der Waals surface area contributed by atoms with Gasteiger partial charge >= 0.3 is 0 Å². The quantitative estimate of drug-likeness (QED) is 0.618. The van der Waals surface area contributed by atoms with Crippen LogP contribution < -0.4 is 10.0 Å². The lowest BCUT2D eigenvalue weighted by Gasteiger charge is -2.14. The van der Waals surface area contributed by atoms with E-state index < -0.39 is 15.3 Å². The minimum atomic E-state index is -3.22. The van der Waals surface area contributed by atoms with Gasteiger partial charge in [-0.2, -0.15) is 0 Å². The van der Waals surface area contributed by atoms with E-state index in [9.17, 15) is 8.42 Å². The van der Waals surface area contributed by atoms with Crippen LogP contribution in [0.2, 0.25) is 0 Å². The van der Waals surface area contributed by atoms with Crippen molar-refractivity contribution in [1.82, 2.24) is 19.6 Å². The minimum Gasteiger partial charge on any atom is -0.337 e. The van der Waals surface area contributed by atoms with E-state index in [-0.39, 0.29) is 0 Å². The second kappa shape index (κ2) is 8.29. The first-order valence-electron chi connectivity index (χ1n) is 6.71. The second-order valence-corrected chi connectivity index (χ2v) is 6.79. The molecule has 0 radical (unpaired) electrons. The molecule has 1 aromatic heterocycles. The van der Waals surface area contributed by atoms with Gasteiger partial charge in [0.15, 0.2) is 0 Å². The van der Waals surface area contributed by atoms with Gasteiger partial charge in [-0.05, 0) is 26.3 Å². The Bertz CT molecular complexity index is 431. The van der Waals surface area contributed by atoms with Crippen LogP contribution in [0.3, 0.4) is 0 Å². The van der Waals surface area contributed by atoms with Crippen molar-refractivity contribution >= 4 is 10.0 Å². The molecule has 7 heteroatoms. The third kappa shape index (κ3) is 6.17. The molecule has 0 spiro atoms. The Balaban J connectivity index is 2.22.